The van der Waals surface area contributed by atoms with Crippen LogP contribution in [0, 0.1) is 0 Å². The van der Waals surface area contributed by atoms with E-state index in [1.165, 1.54) is 5.39 Å². The zero-order chi connectivity index (χ0) is 14.1. The van der Waals surface area contributed by atoms with E-state index in [0.717, 1.165) is 16.6 Å². The van der Waals surface area contributed by atoms with E-state index in [9.17, 15) is 0 Å². The van der Waals surface area contributed by atoms with Gasteiger partial charge in [0.1, 0.15) is 5.69 Å². The first kappa shape index (κ1) is 11.8. The van der Waals surface area contributed by atoms with Crippen LogP contribution in [0.3, 0.4) is 0 Å². The first-order chi connectivity index (χ1) is 10.4. The number of fused-ring (bicyclic) bond motifs is 1. The third-order valence-electron chi connectivity index (χ3n) is 3.42. The first-order valence-corrected chi connectivity index (χ1v) is 6.74. The van der Waals surface area contributed by atoms with Crippen molar-refractivity contribution in [2.24, 2.45) is 0 Å². The third-order valence-corrected chi connectivity index (χ3v) is 3.42. The van der Waals surface area contributed by atoms with E-state index >= 15 is 0 Å². The SMILES string of the molecule is c1ccc(-c2nc(-c3cccc4ccccc34)n[nH]2)nc1. The van der Waals surface area contributed by atoms with Crippen molar-refractivity contribution in [1.82, 2.24) is 20.2 Å². The predicted octanol–water partition coefficient (Wildman–Crippen LogP) is 3.69. The van der Waals surface area contributed by atoms with Crippen molar-refractivity contribution in [3.63, 3.8) is 0 Å². The molecule has 0 aliphatic carbocycles. The average Bonchev–Trinajstić information content (AvgIpc) is 3.05. The molecule has 0 aliphatic rings. The van der Waals surface area contributed by atoms with Crippen molar-refractivity contribution in [3.05, 3.63) is 66.9 Å². The standard InChI is InChI=1S/C17H12N4/c1-2-8-13-12(6-1)7-5-9-14(13)16-19-17(21-20-16)15-10-3-4-11-18-15/h1-11H,(H,19,20,21). The summed E-state index contributed by atoms with van der Waals surface area (Å²) in [6.07, 6.45) is 1.75. The summed E-state index contributed by atoms with van der Waals surface area (Å²) in [5.74, 6) is 1.37. The molecule has 4 rings (SSSR count). The van der Waals surface area contributed by atoms with Crippen molar-refractivity contribution in [1.29, 1.82) is 0 Å². The number of hydrogen-bond donors (Lipinski definition) is 1. The quantitative estimate of drug-likeness (QED) is 0.605. The van der Waals surface area contributed by atoms with Crippen molar-refractivity contribution < 1.29 is 0 Å². The van der Waals surface area contributed by atoms with Gasteiger partial charge in [-0.3, -0.25) is 10.1 Å². The molecule has 2 aromatic carbocycles. The average molecular weight is 272 g/mol. The van der Waals surface area contributed by atoms with Crippen LogP contribution in [0.5, 0.6) is 0 Å². The Morgan fingerprint density at radius 2 is 1.67 bits per heavy atom. The Morgan fingerprint density at radius 3 is 2.57 bits per heavy atom. The van der Waals surface area contributed by atoms with Crippen LogP contribution in [0.25, 0.3) is 33.7 Å². The summed E-state index contributed by atoms with van der Waals surface area (Å²) in [5.41, 5.74) is 1.81. The summed E-state index contributed by atoms with van der Waals surface area (Å²) in [7, 11) is 0. The van der Waals surface area contributed by atoms with Crippen LogP contribution in [0.1, 0.15) is 0 Å². The summed E-state index contributed by atoms with van der Waals surface area (Å²) in [6, 6.07) is 20.1. The number of benzene rings is 2. The topological polar surface area (TPSA) is 54.5 Å². The molecule has 0 bridgehead atoms. The van der Waals surface area contributed by atoms with Crippen molar-refractivity contribution in [2.45, 2.75) is 0 Å². The molecule has 4 heteroatoms. The maximum atomic E-state index is 4.57. The van der Waals surface area contributed by atoms with Gasteiger partial charge in [0.05, 0.1) is 0 Å². The van der Waals surface area contributed by atoms with Gasteiger partial charge in [-0.05, 0) is 22.9 Å². The fourth-order valence-electron chi connectivity index (χ4n) is 2.42. The molecule has 100 valence electrons. The van der Waals surface area contributed by atoms with Gasteiger partial charge in [-0.1, -0.05) is 48.5 Å². The molecule has 4 aromatic rings. The van der Waals surface area contributed by atoms with Crippen LogP contribution in [-0.2, 0) is 0 Å². The Hall–Kier alpha value is -3.01. The summed E-state index contributed by atoms with van der Waals surface area (Å²) >= 11 is 0. The molecular formula is C17H12N4. The summed E-state index contributed by atoms with van der Waals surface area (Å²) in [4.78, 5) is 8.86. The van der Waals surface area contributed by atoms with Gasteiger partial charge >= 0.3 is 0 Å². The predicted molar refractivity (Wildman–Crippen MR) is 82.6 cm³/mol. The highest BCUT2D eigenvalue weighted by Gasteiger charge is 2.10. The van der Waals surface area contributed by atoms with Crippen LogP contribution in [0.4, 0.5) is 0 Å². The maximum absolute atomic E-state index is 4.57. The zero-order valence-electron chi connectivity index (χ0n) is 11.2. The Labute approximate surface area is 121 Å². The molecule has 0 radical (unpaired) electrons. The van der Waals surface area contributed by atoms with E-state index in [0.29, 0.717) is 11.6 Å². The molecule has 1 N–H and O–H groups in total. The number of hydrogen-bond acceptors (Lipinski definition) is 3. The lowest BCUT2D eigenvalue weighted by molar-refractivity contribution is 1.09. The van der Waals surface area contributed by atoms with E-state index in [4.69, 9.17) is 0 Å². The van der Waals surface area contributed by atoms with Crippen molar-refractivity contribution in [3.8, 4) is 22.9 Å². The van der Waals surface area contributed by atoms with E-state index in [1.807, 2.05) is 42.5 Å². The Balaban J connectivity index is 1.85. The molecule has 0 amide bonds. The number of pyridine rings is 1. The van der Waals surface area contributed by atoms with Gasteiger partial charge in [0.15, 0.2) is 11.6 Å². The molecule has 0 spiro atoms. The largest absolute Gasteiger partial charge is 0.257 e. The second kappa shape index (κ2) is 4.83. The smallest absolute Gasteiger partial charge is 0.182 e. The molecule has 2 aromatic heterocycles. The molecule has 0 atom stereocenters. The molecule has 4 nitrogen and oxygen atoms in total. The van der Waals surface area contributed by atoms with Gasteiger partial charge in [-0.2, -0.15) is 5.10 Å². The van der Waals surface area contributed by atoms with Gasteiger partial charge in [0.25, 0.3) is 0 Å². The zero-order valence-corrected chi connectivity index (χ0v) is 11.2. The molecule has 0 aliphatic heterocycles. The van der Waals surface area contributed by atoms with E-state index in [-0.39, 0.29) is 0 Å². The molecule has 0 unspecified atom stereocenters. The number of aromatic amines is 1. The molecule has 0 fully saturated rings. The van der Waals surface area contributed by atoms with E-state index < -0.39 is 0 Å². The van der Waals surface area contributed by atoms with E-state index in [2.05, 4.69) is 38.4 Å². The normalized spacial score (nSPS) is 10.9. The monoisotopic (exact) mass is 272 g/mol. The van der Waals surface area contributed by atoms with Gasteiger partial charge < -0.3 is 0 Å². The molecular weight excluding hydrogens is 260 g/mol. The lowest BCUT2D eigenvalue weighted by atomic mass is 10.0. The van der Waals surface area contributed by atoms with Gasteiger partial charge in [0, 0.05) is 11.8 Å². The highest BCUT2D eigenvalue weighted by Crippen LogP contribution is 2.26. The number of rotatable bonds is 2. The van der Waals surface area contributed by atoms with Crippen molar-refractivity contribution in [2.75, 3.05) is 0 Å². The van der Waals surface area contributed by atoms with Crippen LogP contribution in [-0.4, -0.2) is 20.2 Å². The lowest BCUT2D eigenvalue weighted by Gasteiger charge is -2.02. The highest BCUT2D eigenvalue weighted by atomic mass is 15.2. The fraction of sp³-hybridized carbons (Fsp3) is 0. The Kier molecular flexibility index (Phi) is 2.71. The number of aromatic nitrogens is 4. The fourth-order valence-corrected chi connectivity index (χ4v) is 2.42. The minimum absolute atomic E-state index is 0.679. The van der Waals surface area contributed by atoms with Crippen LogP contribution in [0.15, 0.2) is 66.9 Å². The number of nitrogens with zero attached hydrogens (tertiary/aromatic N) is 3. The lowest BCUT2D eigenvalue weighted by Crippen LogP contribution is -1.85. The minimum atomic E-state index is 0.679. The third kappa shape index (κ3) is 2.07. The Morgan fingerprint density at radius 1 is 0.810 bits per heavy atom. The molecule has 21 heavy (non-hydrogen) atoms. The summed E-state index contributed by atoms with van der Waals surface area (Å²) in [5, 5.41) is 9.62. The summed E-state index contributed by atoms with van der Waals surface area (Å²) < 4.78 is 0. The Bertz CT molecular complexity index is 891. The van der Waals surface area contributed by atoms with Gasteiger partial charge in [-0.15, -0.1) is 0 Å². The van der Waals surface area contributed by atoms with Gasteiger partial charge in [-0.25, -0.2) is 4.98 Å². The van der Waals surface area contributed by atoms with Crippen molar-refractivity contribution >= 4 is 10.8 Å². The van der Waals surface area contributed by atoms with Crippen LogP contribution < -0.4 is 0 Å². The molecule has 0 saturated heterocycles. The first-order valence-electron chi connectivity index (χ1n) is 6.74. The maximum Gasteiger partial charge on any atom is 0.182 e. The van der Waals surface area contributed by atoms with Gasteiger partial charge in [0.2, 0.25) is 0 Å². The van der Waals surface area contributed by atoms with E-state index in [1.54, 1.807) is 6.20 Å². The van der Waals surface area contributed by atoms with Crippen LogP contribution in [0.2, 0.25) is 0 Å². The molecule has 0 saturated carbocycles. The second-order valence-corrected chi connectivity index (χ2v) is 4.75. The number of H-pyrrole nitrogens is 1. The highest BCUT2D eigenvalue weighted by molar-refractivity contribution is 5.95. The summed E-state index contributed by atoms with van der Waals surface area (Å²) in [6.45, 7) is 0. The minimum Gasteiger partial charge on any atom is -0.257 e. The number of nitrogens with one attached hydrogen (secondary N) is 1. The molecule has 2 heterocycles. The van der Waals surface area contributed by atoms with Crippen LogP contribution >= 0.6 is 0 Å². The second-order valence-electron chi connectivity index (χ2n) is 4.75.